The molecule has 2 nitrogen and oxygen atoms in total. The molecule has 3 aromatic carbocycles. The highest BCUT2D eigenvalue weighted by Gasteiger charge is 2.29. The van der Waals surface area contributed by atoms with Gasteiger partial charge in [0.25, 0.3) is 0 Å². The van der Waals surface area contributed by atoms with E-state index < -0.39 is 0 Å². The third-order valence-electron chi connectivity index (χ3n) is 5.56. The fourth-order valence-corrected chi connectivity index (χ4v) is 5.21. The van der Waals surface area contributed by atoms with Crippen LogP contribution in [0.25, 0.3) is 0 Å². The van der Waals surface area contributed by atoms with Crippen LogP contribution in [-0.2, 0) is 11.6 Å². The van der Waals surface area contributed by atoms with Gasteiger partial charge in [0, 0.05) is 16.3 Å². The molecule has 0 fully saturated rings. The second-order valence-electron chi connectivity index (χ2n) is 7.72. The van der Waals surface area contributed by atoms with E-state index in [2.05, 4.69) is 68.4 Å². The molecule has 0 heterocycles. The maximum absolute atomic E-state index is 11.7. The maximum atomic E-state index is 11.7. The number of aryl methyl sites for hydroxylation is 1. The quantitative estimate of drug-likeness (QED) is 0.338. The van der Waals surface area contributed by atoms with Gasteiger partial charge in [-0.1, -0.05) is 82.6 Å². The van der Waals surface area contributed by atoms with Crippen LogP contribution in [0.4, 0.5) is 0 Å². The van der Waals surface area contributed by atoms with Crippen molar-refractivity contribution >= 4 is 20.2 Å². The third-order valence-corrected chi connectivity index (χ3v) is 7.46. The van der Waals surface area contributed by atoms with E-state index in [0.29, 0.717) is 8.58 Å². The molecule has 3 heteroatoms. The average molecular weight is 404 g/mol. The Morgan fingerprint density at radius 1 is 1.00 bits per heavy atom. The Balaban J connectivity index is 2.00. The van der Waals surface area contributed by atoms with Crippen LogP contribution >= 0.6 is 8.58 Å². The van der Waals surface area contributed by atoms with E-state index in [0.717, 1.165) is 41.3 Å². The number of carbonyl (C=O) groups is 1. The van der Waals surface area contributed by atoms with Crippen LogP contribution in [0.2, 0.25) is 0 Å². The molecular weight excluding hydrogens is 375 g/mol. The van der Waals surface area contributed by atoms with Gasteiger partial charge in [-0.2, -0.15) is 0 Å². The first-order valence-corrected chi connectivity index (χ1v) is 11.0. The summed E-state index contributed by atoms with van der Waals surface area (Å²) in [7, 11) is 2.21. The smallest absolute Gasteiger partial charge is 0.150 e. The van der Waals surface area contributed by atoms with Gasteiger partial charge in [-0.05, 0) is 48.3 Å². The lowest BCUT2D eigenvalue weighted by Gasteiger charge is -2.31. The van der Waals surface area contributed by atoms with Crippen molar-refractivity contribution in [1.82, 2.24) is 0 Å². The number of aldehydes is 1. The predicted molar refractivity (Wildman–Crippen MR) is 124 cm³/mol. The monoisotopic (exact) mass is 404 g/mol. The molecule has 0 aliphatic carbocycles. The normalized spacial score (nSPS) is 13.4. The Morgan fingerprint density at radius 3 is 2.41 bits per heavy atom. The van der Waals surface area contributed by atoms with Crippen molar-refractivity contribution in [2.24, 2.45) is 0 Å². The number of carbonyl (C=O) groups excluding carboxylic acids is 1. The van der Waals surface area contributed by atoms with Crippen molar-refractivity contribution in [3.63, 3.8) is 0 Å². The summed E-state index contributed by atoms with van der Waals surface area (Å²) in [5, 5.41) is 1.01. The van der Waals surface area contributed by atoms with Crippen molar-refractivity contribution in [1.29, 1.82) is 0 Å². The van der Waals surface area contributed by atoms with Gasteiger partial charge < -0.3 is 4.74 Å². The molecule has 0 aliphatic heterocycles. The molecule has 0 radical (unpaired) electrons. The third kappa shape index (κ3) is 4.95. The van der Waals surface area contributed by atoms with Crippen molar-refractivity contribution in [3.05, 3.63) is 94.5 Å². The Bertz CT molecular complexity index is 981. The predicted octanol–water partition coefficient (Wildman–Crippen LogP) is 6.04. The molecule has 0 amide bonds. The molecule has 150 valence electrons. The van der Waals surface area contributed by atoms with Crippen molar-refractivity contribution in [2.75, 3.05) is 7.11 Å². The molecule has 29 heavy (non-hydrogen) atoms. The van der Waals surface area contributed by atoms with E-state index in [1.54, 1.807) is 7.11 Å². The van der Waals surface area contributed by atoms with Gasteiger partial charge in [-0.15, -0.1) is 0 Å². The summed E-state index contributed by atoms with van der Waals surface area (Å²) in [6.45, 7) is 6.52. The van der Waals surface area contributed by atoms with Crippen molar-refractivity contribution < 1.29 is 9.53 Å². The second kappa shape index (κ2) is 9.37. The summed E-state index contributed by atoms with van der Waals surface area (Å²) in [5.41, 5.74) is 5.69. The van der Waals surface area contributed by atoms with Crippen molar-refractivity contribution in [2.45, 2.75) is 38.8 Å². The molecule has 0 saturated heterocycles. The summed E-state index contributed by atoms with van der Waals surface area (Å²) in [6.07, 6.45) is 2.84. The summed E-state index contributed by atoms with van der Waals surface area (Å²) in [5.74, 6) is 0.915. The van der Waals surface area contributed by atoms with Crippen LogP contribution < -0.4 is 10.0 Å². The Labute approximate surface area is 176 Å². The Morgan fingerprint density at radius 2 is 1.76 bits per heavy atom. The number of ether oxygens (including phenoxy) is 1. The van der Waals surface area contributed by atoms with Gasteiger partial charge >= 0.3 is 0 Å². The molecule has 0 aliphatic rings. The standard InChI is InChI=1S/C26H29O2P/c1-5-26(3,29-25-14-11-19(2)15-22(25)18-27)23-17-21(12-13-24(23)28-4)16-20-9-7-6-8-10-20/h6-15,17-18,29H,5,16H2,1-4H3. The number of hydrogen-bond acceptors (Lipinski definition) is 2. The molecule has 3 aromatic rings. The van der Waals surface area contributed by atoms with E-state index in [1.165, 1.54) is 16.7 Å². The molecule has 0 bridgehead atoms. The highest BCUT2D eigenvalue weighted by atomic mass is 31.1. The summed E-state index contributed by atoms with van der Waals surface area (Å²) >= 11 is 0. The lowest BCUT2D eigenvalue weighted by molar-refractivity contribution is 0.112. The second-order valence-corrected chi connectivity index (χ2v) is 9.61. The maximum Gasteiger partial charge on any atom is 0.150 e. The zero-order valence-electron chi connectivity index (χ0n) is 17.7. The first-order valence-electron chi connectivity index (χ1n) is 10.0. The average Bonchev–Trinajstić information content (AvgIpc) is 2.75. The van der Waals surface area contributed by atoms with E-state index in [1.807, 2.05) is 19.1 Å². The van der Waals surface area contributed by atoms with E-state index in [9.17, 15) is 4.79 Å². The molecule has 0 spiro atoms. The topological polar surface area (TPSA) is 26.3 Å². The lowest BCUT2D eigenvalue weighted by atomic mass is 9.93. The van der Waals surface area contributed by atoms with E-state index in [4.69, 9.17) is 4.74 Å². The molecular formula is C26H29O2P. The van der Waals surface area contributed by atoms with Crippen LogP contribution in [0, 0.1) is 6.92 Å². The van der Waals surface area contributed by atoms with Gasteiger partial charge in [-0.3, -0.25) is 4.79 Å². The first kappa shape index (κ1) is 21.3. The summed E-state index contributed by atoms with van der Waals surface area (Å²) in [4.78, 5) is 11.7. The molecule has 3 rings (SSSR count). The fraction of sp³-hybridized carbons (Fsp3) is 0.269. The number of methoxy groups -OCH3 is 1. The van der Waals surface area contributed by atoms with Crippen molar-refractivity contribution in [3.8, 4) is 5.75 Å². The van der Waals surface area contributed by atoms with Crippen LogP contribution in [0.3, 0.4) is 0 Å². The molecule has 2 unspecified atom stereocenters. The number of rotatable bonds is 8. The lowest BCUT2D eigenvalue weighted by Crippen LogP contribution is -2.21. The number of hydrogen-bond donors (Lipinski definition) is 0. The molecule has 0 N–H and O–H groups in total. The van der Waals surface area contributed by atoms with Gasteiger partial charge in [0.1, 0.15) is 5.75 Å². The zero-order valence-corrected chi connectivity index (χ0v) is 18.7. The Hall–Kier alpha value is -2.44. The summed E-state index contributed by atoms with van der Waals surface area (Å²) < 4.78 is 5.75. The van der Waals surface area contributed by atoms with E-state index in [-0.39, 0.29) is 5.16 Å². The summed E-state index contributed by atoms with van der Waals surface area (Å²) in [6, 6.07) is 23.2. The van der Waals surface area contributed by atoms with Crippen LogP contribution in [0.5, 0.6) is 5.75 Å². The fourth-order valence-electron chi connectivity index (χ4n) is 3.66. The minimum absolute atomic E-state index is 0.106. The zero-order chi connectivity index (χ0) is 20.9. The van der Waals surface area contributed by atoms with Gasteiger partial charge in [0.2, 0.25) is 0 Å². The van der Waals surface area contributed by atoms with Gasteiger partial charge in [0.05, 0.1) is 7.11 Å². The minimum Gasteiger partial charge on any atom is -0.496 e. The molecule has 0 aromatic heterocycles. The SMILES string of the molecule is CCC(C)(Pc1ccc(C)cc1C=O)c1cc(Cc2ccccc2)ccc1OC. The van der Waals surface area contributed by atoms with E-state index >= 15 is 0 Å². The van der Waals surface area contributed by atoms with Gasteiger partial charge in [-0.25, -0.2) is 0 Å². The van der Waals surface area contributed by atoms with Crippen LogP contribution in [0.1, 0.15) is 52.9 Å². The first-order chi connectivity index (χ1) is 14.0. The minimum atomic E-state index is -0.106. The number of benzene rings is 3. The highest BCUT2D eigenvalue weighted by molar-refractivity contribution is 7.48. The molecule has 0 saturated carbocycles. The van der Waals surface area contributed by atoms with Crippen LogP contribution in [0.15, 0.2) is 66.7 Å². The largest absolute Gasteiger partial charge is 0.496 e. The highest BCUT2D eigenvalue weighted by Crippen LogP contribution is 2.48. The van der Waals surface area contributed by atoms with Gasteiger partial charge in [0.15, 0.2) is 6.29 Å². The molecule has 2 atom stereocenters. The van der Waals surface area contributed by atoms with Crippen LogP contribution in [-0.4, -0.2) is 13.4 Å². The Kier molecular flexibility index (Phi) is 6.87.